The molecule has 1 amide bonds. The number of nitrogens with one attached hydrogen (secondary N) is 1. The van der Waals surface area contributed by atoms with Crippen LogP contribution in [0.5, 0.6) is 5.75 Å². The van der Waals surface area contributed by atoms with Gasteiger partial charge in [-0.25, -0.2) is 0 Å². The number of ether oxygens (including phenoxy) is 1. The fourth-order valence-corrected chi connectivity index (χ4v) is 2.41. The van der Waals surface area contributed by atoms with Crippen LogP contribution < -0.4 is 10.1 Å². The molecule has 0 aliphatic heterocycles. The molecule has 1 N–H and O–H groups in total. The highest BCUT2D eigenvalue weighted by Crippen LogP contribution is 2.26. The Morgan fingerprint density at radius 2 is 1.75 bits per heavy atom. The highest BCUT2D eigenvalue weighted by atomic mass is 16.5. The van der Waals surface area contributed by atoms with Crippen molar-refractivity contribution in [2.45, 2.75) is 13.0 Å². The second kappa shape index (κ2) is 6.84. The summed E-state index contributed by atoms with van der Waals surface area (Å²) in [6.07, 6.45) is -0.647. The molecule has 0 fully saturated rings. The van der Waals surface area contributed by atoms with E-state index in [2.05, 4.69) is 5.32 Å². The van der Waals surface area contributed by atoms with E-state index in [9.17, 15) is 4.79 Å². The van der Waals surface area contributed by atoms with Crippen molar-refractivity contribution in [3.63, 3.8) is 0 Å². The highest BCUT2D eigenvalue weighted by molar-refractivity contribution is 5.95. The van der Waals surface area contributed by atoms with Crippen LogP contribution >= 0.6 is 0 Å². The summed E-state index contributed by atoms with van der Waals surface area (Å²) in [6, 6.07) is 22.4. The van der Waals surface area contributed by atoms with Gasteiger partial charge in [0.15, 0.2) is 6.10 Å². The van der Waals surface area contributed by atoms with Crippen molar-refractivity contribution in [2.75, 3.05) is 5.32 Å². The molecule has 4 nitrogen and oxygen atoms in total. The van der Waals surface area contributed by atoms with Gasteiger partial charge in [0.1, 0.15) is 5.75 Å². The lowest BCUT2D eigenvalue weighted by atomic mass is 10.1. The van der Waals surface area contributed by atoms with Crippen LogP contribution in [0.25, 0.3) is 10.8 Å². The summed E-state index contributed by atoms with van der Waals surface area (Å²) in [4.78, 5) is 12.3. The Labute approximate surface area is 140 Å². The van der Waals surface area contributed by atoms with Gasteiger partial charge < -0.3 is 10.1 Å². The summed E-state index contributed by atoms with van der Waals surface area (Å²) in [5.74, 6) is 0.434. The first-order chi connectivity index (χ1) is 11.7. The Bertz CT molecular complexity index is 906. The molecule has 0 bridgehead atoms. The quantitative estimate of drug-likeness (QED) is 0.787. The molecule has 4 heteroatoms. The Morgan fingerprint density at radius 3 is 2.50 bits per heavy atom. The van der Waals surface area contributed by atoms with E-state index in [0.717, 1.165) is 10.8 Å². The van der Waals surface area contributed by atoms with E-state index >= 15 is 0 Å². The Kier molecular flexibility index (Phi) is 4.44. The van der Waals surface area contributed by atoms with Crippen molar-refractivity contribution < 1.29 is 9.53 Å². The van der Waals surface area contributed by atoms with Crippen LogP contribution in [-0.2, 0) is 4.79 Å². The van der Waals surface area contributed by atoms with Crippen molar-refractivity contribution in [2.24, 2.45) is 0 Å². The van der Waals surface area contributed by atoms with Gasteiger partial charge in [0.2, 0.25) is 0 Å². The maximum atomic E-state index is 12.3. The molecule has 24 heavy (non-hydrogen) atoms. The number of carbonyl (C=O) groups excluding carboxylic acids is 1. The van der Waals surface area contributed by atoms with Gasteiger partial charge >= 0.3 is 0 Å². The monoisotopic (exact) mass is 316 g/mol. The normalized spacial score (nSPS) is 11.5. The third-order valence-corrected chi connectivity index (χ3v) is 3.70. The lowest BCUT2D eigenvalue weighted by Gasteiger charge is -2.16. The molecule has 1 atom stereocenters. The maximum absolute atomic E-state index is 12.3. The van der Waals surface area contributed by atoms with Gasteiger partial charge in [-0.15, -0.1) is 0 Å². The average molecular weight is 316 g/mol. The minimum absolute atomic E-state index is 0.243. The molecule has 3 aromatic carbocycles. The lowest BCUT2D eigenvalue weighted by Crippen LogP contribution is -2.30. The summed E-state index contributed by atoms with van der Waals surface area (Å²) in [5.41, 5.74) is 1.18. The van der Waals surface area contributed by atoms with E-state index in [1.165, 1.54) is 0 Å². The molecular weight excluding hydrogens is 300 g/mol. The number of carbonyl (C=O) groups is 1. The number of hydrogen-bond donors (Lipinski definition) is 1. The van der Waals surface area contributed by atoms with Crippen molar-refractivity contribution in [1.82, 2.24) is 0 Å². The van der Waals surface area contributed by atoms with Crippen LogP contribution in [0.1, 0.15) is 12.5 Å². The van der Waals surface area contributed by atoms with Crippen molar-refractivity contribution in [3.05, 3.63) is 72.3 Å². The summed E-state index contributed by atoms with van der Waals surface area (Å²) in [7, 11) is 0. The minimum Gasteiger partial charge on any atom is -0.480 e. The second-order valence-corrected chi connectivity index (χ2v) is 5.42. The number of fused-ring (bicyclic) bond motifs is 1. The van der Waals surface area contributed by atoms with Gasteiger partial charge in [-0.05, 0) is 42.6 Å². The Balaban J connectivity index is 1.72. The molecule has 0 saturated carbocycles. The van der Waals surface area contributed by atoms with E-state index in [-0.39, 0.29) is 5.91 Å². The molecule has 0 aliphatic carbocycles. The molecule has 0 radical (unpaired) electrons. The van der Waals surface area contributed by atoms with Gasteiger partial charge in [0, 0.05) is 11.1 Å². The molecule has 0 spiro atoms. The standard InChI is InChI=1S/C20H16N2O2/c1-14(20(23)22-17-11-9-15(13-21)10-12-17)24-19-8-4-6-16-5-2-3-7-18(16)19/h2-12,14H,1H3,(H,22,23)/t14-/m1/s1. The third-order valence-electron chi connectivity index (χ3n) is 3.70. The summed E-state index contributed by atoms with van der Waals surface area (Å²) in [6.45, 7) is 1.71. The zero-order valence-corrected chi connectivity index (χ0v) is 13.2. The number of anilines is 1. The van der Waals surface area contributed by atoms with Gasteiger partial charge in [-0.2, -0.15) is 5.26 Å². The average Bonchev–Trinajstić information content (AvgIpc) is 2.62. The molecular formula is C20H16N2O2. The Morgan fingerprint density at radius 1 is 1.04 bits per heavy atom. The van der Waals surface area contributed by atoms with Gasteiger partial charge in [-0.3, -0.25) is 4.79 Å². The highest BCUT2D eigenvalue weighted by Gasteiger charge is 2.16. The van der Waals surface area contributed by atoms with E-state index < -0.39 is 6.10 Å². The fraction of sp³-hybridized carbons (Fsp3) is 0.100. The zero-order chi connectivity index (χ0) is 16.9. The minimum atomic E-state index is -0.647. The summed E-state index contributed by atoms with van der Waals surface area (Å²) < 4.78 is 5.84. The first-order valence-corrected chi connectivity index (χ1v) is 7.63. The smallest absolute Gasteiger partial charge is 0.265 e. The predicted molar refractivity (Wildman–Crippen MR) is 93.8 cm³/mol. The number of nitriles is 1. The predicted octanol–water partition coefficient (Wildman–Crippen LogP) is 4.12. The molecule has 0 heterocycles. The second-order valence-electron chi connectivity index (χ2n) is 5.42. The van der Waals surface area contributed by atoms with Gasteiger partial charge in [0.25, 0.3) is 5.91 Å². The molecule has 3 aromatic rings. The van der Waals surface area contributed by atoms with Crippen LogP contribution in [0.4, 0.5) is 5.69 Å². The van der Waals surface area contributed by atoms with Crippen LogP contribution in [0.3, 0.4) is 0 Å². The molecule has 0 aliphatic rings. The lowest BCUT2D eigenvalue weighted by molar-refractivity contribution is -0.122. The third kappa shape index (κ3) is 3.36. The summed E-state index contributed by atoms with van der Waals surface area (Å²) in [5, 5.41) is 13.6. The van der Waals surface area contributed by atoms with Crippen molar-refractivity contribution >= 4 is 22.4 Å². The van der Waals surface area contributed by atoms with Crippen molar-refractivity contribution in [1.29, 1.82) is 5.26 Å². The van der Waals surface area contributed by atoms with E-state index in [1.807, 2.05) is 48.5 Å². The summed E-state index contributed by atoms with van der Waals surface area (Å²) >= 11 is 0. The largest absolute Gasteiger partial charge is 0.480 e. The number of nitrogens with zero attached hydrogens (tertiary/aromatic N) is 1. The van der Waals surface area contributed by atoms with Crippen LogP contribution in [0.2, 0.25) is 0 Å². The molecule has 0 aromatic heterocycles. The number of amides is 1. The maximum Gasteiger partial charge on any atom is 0.265 e. The first kappa shape index (κ1) is 15.6. The van der Waals surface area contributed by atoms with Crippen LogP contribution in [0.15, 0.2) is 66.7 Å². The topological polar surface area (TPSA) is 62.1 Å². The molecule has 3 rings (SSSR count). The number of hydrogen-bond acceptors (Lipinski definition) is 3. The molecule has 118 valence electrons. The van der Waals surface area contributed by atoms with E-state index in [4.69, 9.17) is 10.00 Å². The number of rotatable bonds is 4. The van der Waals surface area contributed by atoms with Crippen LogP contribution in [0, 0.1) is 11.3 Å². The van der Waals surface area contributed by atoms with Gasteiger partial charge in [-0.1, -0.05) is 36.4 Å². The zero-order valence-electron chi connectivity index (χ0n) is 13.2. The van der Waals surface area contributed by atoms with Crippen molar-refractivity contribution in [3.8, 4) is 11.8 Å². The molecule has 0 saturated heterocycles. The SMILES string of the molecule is C[C@@H](Oc1cccc2ccccc12)C(=O)Nc1ccc(C#N)cc1. The number of benzene rings is 3. The van der Waals surface area contributed by atoms with E-state index in [1.54, 1.807) is 31.2 Å². The van der Waals surface area contributed by atoms with Crippen LogP contribution in [-0.4, -0.2) is 12.0 Å². The first-order valence-electron chi connectivity index (χ1n) is 7.63. The van der Waals surface area contributed by atoms with Gasteiger partial charge in [0.05, 0.1) is 11.6 Å². The fourth-order valence-electron chi connectivity index (χ4n) is 2.41. The molecule has 0 unspecified atom stereocenters. The van der Waals surface area contributed by atoms with E-state index in [0.29, 0.717) is 17.0 Å². The Hall–Kier alpha value is -3.32.